The maximum Gasteiger partial charge on any atom is 0.417 e. The number of aromatic nitrogens is 1. The van der Waals surface area contributed by atoms with E-state index in [1.807, 2.05) is 0 Å². The summed E-state index contributed by atoms with van der Waals surface area (Å²) in [7, 11) is 0. The van der Waals surface area contributed by atoms with Crippen molar-refractivity contribution in [2.45, 2.75) is 45.4 Å². The molecule has 2 rings (SSSR count). The van der Waals surface area contributed by atoms with Crippen molar-refractivity contribution < 1.29 is 9.21 Å². The Morgan fingerprint density at radius 1 is 1.25 bits per heavy atom. The summed E-state index contributed by atoms with van der Waals surface area (Å²) in [6.07, 6.45) is 6.16. The van der Waals surface area contributed by atoms with Gasteiger partial charge in [0.1, 0.15) is 0 Å². The van der Waals surface area contributed by atoms with Crippen molar-refractivity contribution in [3.63, 3.8) is 0 Å². The number of H-pyrrole nitrogens is 1. The molecule has 108 valence electrons. The molecule has 1 heterocycles. The van der Waals surface area contributed by atoms with Crippen LogP contribution >= 0.6 is 0 Å². The van der Waals surface area contributed by atoms with Crippen LogP contribution in [0.3, 0.4) is 0 Å². The quantitative estimate of drug-likeness (QED) is 0.761. The highest BCUT2D eigenvalue weighted by atomic mass is 16.4. The van der Waals surface area contributed by atoms with Crippen molar-refractivity contribution in [3.05, 3.63) is 28.7 Å². The molecule has 2 aromatic rings. The second kappa shape index (κ2) is 6.93. The highest BCUT2D eigenvalue weighted by Gasteiger charge is 2.05. The van der Waals surface area contributed by atoms with Gasteiger partial charge in [-0.25, -0.2) is 4.79 Å². The molecule has 0 fully saturated rings. The van der Waals surface area contributed by atoms with Crippen LogP contribution in [-0.4, -0.2) is 10.9 Å². The summed E-state index contributed by atoms with van der Waals surface area (Å²) in [6.45, 7) is 2.17. The molecule has 0 unspecified atom stereocenters. The Balaban J connectivity index is 1.84. The number of nitrogens with one attached hydrogen (secondary N) is 2. The number of anilines is 1. The first-order valence-corrected chi connectivity index (χ1v) is 7.12. The lowest BCUT2D eigenvalue weighted by Gasteiger charge is -2.05. The number of fused-ring (bicyclic) bond motifs is 1. The summed E-state index contributed by atoms with van der Waals surface area (Å²) in [5, 5.41) is 2.83. The third-order valence-corrected chi connectivity index (χ3v) is 3.21. The molecule has 20 heavy (non-hydrogen) atoms. The lowest BCUT2D eigenvalue weighted by atomic mass is 10.1. The zero-order chi connectivity index (χ0) is 14.4. The minimum Gasteiger partial charge on any atom is -0.408 e. The van der Waals surface area contributed by atoms with Crippen LogP contribution in [-0.2, 0) is 4.79 Å². The highest BCUT2D eigenvalue weighted by Crippen LogP contribution is 2.16. The van der Waals surface area contributed by atoms with E-state index < -0.39 is 5.76 Å². The molecule has 0 bridgehead atoms. The Kier molecular flexibility index (Phi) is 4.98. The molecule has 0 radical (unpaired) electrons. The lowest BCUT2D eigenvalue weighted by Crippen LogP contribution is -2.10. The summed E-state index contributed by atoms with van der Waals surface area (Å²) in [4.78, 5) is 25.4. The van der Waals surface area contributed by atoms with Crippen molar-refractivity contribution in [1.82, 2.24) is 4.98 Å². The maximum absolute atomic E-state index is 11.8. The molecule has 0 aliphatic rings. The van der Waals surface area contributed by atoms with Gasteiger partial charge in [-0.1, -0.05) is 32.6 Å². The Bertz CT molecular complexity index is 627. The van der Waals surface area contributed by atoms with E-state index in [0.717, 1.165) is 12.8 Å². The molecule has 0 aliphatic heterocycles. The van der Waals surface area contributed by atoms with E-state index in [4.69, 9.17) is 4.42 Å². The van der Waals surface area contributed by atoms with Gasteiger partial charge in [0.2, 0.25) is 5.91 Å². The van der Waals surface area contributed by atoms with Crippen molar-refractivity contribution >= 4 is 22.7 Å². The van der Waals surface area contributed by atoms with E-state index in [1.54, 1.807) is 18.2 Å². The van der Waals surface area contributed by atoms with E-state index in [1.165, 1.54) is 19.3 Å². The molecule has 1 amide bonds. The van der Waals surface area contributed by atoms with Gasteiger partial charge in [-0.15, -0.1) is 0 Å². The normalized spacial score (nSPS) is 10.8. The van der Waals surface area contributed by atoms with Gasteiger partial charge in [0, 0.05) is 12.1 Å². The Morgan fingerprint density at radius 2 is 2.05 bits per heavy atom. The van der Waals surface area contributed by atoms with Gasteiger partial charge in [-0.05, 0) is 24.6 Å². The molecule has 0 saturated heterocycles. The Hall–Kier alpha value is -2.04. The van der Waals surface area contributed by atoms with E-state index >= 15 is 0 Å². The number of amides is 1. The van der Waals surface area contributed by atoms with Crippen molar-refractivity contribution in [1.29, 1.82) is 0 Å². The van der Waals surface area contributed by atoms with Crippen LogP contribution in [0.1, 0.15) is 45.4 Å². The summed E-state index contributed by atoms with van der Waals surface area (Å²) >= 11 is 0. The number of rotatable bonds is 7. The van der Waals surface area contributed by atoms with Gasteiger partial charge in [0.15, 0.2) is 5.58 Å². The standard InChI is InChI=1S/C15H20N2O3/c1-2-3-4-5-6-7-14(18)16-11-8-9-13-12(10-11)17-15(19)20-13/h8-10H,2-7H2,1H3,(H,16,18)(H,17,19). The molecular weight excluding hydrogens is 256 g/mol. The van der Waals surface area contributed by atoms with Crippen molar-refractivity contribution in [2.75, 3.05) is 5.32 Å². The minimum atomic E-state index is -0.487. The van der Waals surface area contributed by atoms with Crippen LogP contribution in [0.15, 0.2) is 27.4 Å². The fourth-order valence-electron chi connectivity index (χ4n) is 2.14. The monoisotopic (exact) mass is 276 g/mol. The molecule has 0 saturated carbocycles. The van der Waals surface area contributed by atoms with E-state index in [-0.39, 0.29) is 5.91 Å². The smallest absolute Gasteiger partial charge is 0.408 e. The zero-order valence-corrected chi connectivity index (χ0v) is 11.7. The molecule has 1 aromatic carbocycles. The van der Waals surface area contributed by atoms with Crippen molar-refractivity contribution in [3.8, 4) is 0 Å². The van der Waals surface area contributed by atoms with E-state index in [9.17, 15) is 9.59 Å². The van der Waals surface area contributed by atoms with Gasteiger partial charge in [0.05, 0.1) is 5.52 Å². The fraction of sp³-hybridized carbons (Fsp3) is 0.467. The van der Waals surface area contributed by atoms with Crippen LogP contribution in [0.4, 0.5) is 5.69 Å². The number of hydrogen-bond donors (Lipinski definition) is 2. The number of carbonyl (C=O) groups is 1. The molecule has 0 atom stereocenters. The second-order valence-electron chi connectivity index (χ2n) is 4.94. The molecule has 0 aliphatic carbocycles. The SMILES string of the molecule is CCCCCCCC(=O)Nc1ccc2oc(=O)[nH]c2c1. The topological polar surface area (TPSA) is 75.1 Å². The number of carbonyl (C=O) groups excluding carboxylic acids is 1. The number of hydrogen-bond acceptors (Lipinski definition) is 3. The largest absolute Gasteiger partial charge is 0.417 e. The Labute approximate surface area is 117 Å². The summed E-state index contributed by atoms with van der Waals surface area (Å²) in [6, 6.07) is 5.10. The third-order valence-electron chi connectivity index (χ3n) is 3.21. The average molecular weight is 276 g/mol. The first-order chi connectivity index (χ1) is 9.69. The van der Waals surface area contributed by atoms with Gasteiger partial charge in [-0.2, -0.15) is 0 Å². The van der Waals surface area contributed by atoms with Gasteiger partial charge in [-0.3, -0.25) is 9.78 Å². The summed E-state index contributed by atoms with van der Waals surface area (Å²) < 4.78 is 4.91. The highest BCUT2D eigenvalue weighted by molar-refractivity contribution is 5.92. The summed E-state index contributed by atoms with van der Waals surface area (Å²) in [5.41, 5.74) is 1.76. The van der Waals surface area contributed by atoms with Gasteiger partial charge >= 0.3 is 5.76 Å². The minimum absolute atomic E-state index is 0.00619. The zero-order valence-electron chi connectivity index (χ0n) is 11.7. The van der Waals surface area contributed by atoms with Gasteiger partial charge < -0.3 is 9.73 Å². The van der Waals surface area contributed by atoms with Crippen LogP contribution in [0.25, 0.3) is 11.1 Å². The van der Waals surface area contributed by atoms with E-state index in [2.05, 4.69) is 17.2 Å². The number of aromatic amines is 1. The maximum atomic E-state index is 11.8. The lowest BCUT2D eigenvalue weighted by molar-refractivity contribution is -0.116. The number of benzene rings is 1. The second-order valence-corrected chi connectivity index (χ2v) is 4.94. The predicted octanol–water partition coefficient (Wildman–Crippen LogP) is 3.42. The number of oxazole rings is 1. The van der Waals surface area contributed by atoms with Crippen LogP contribution < -0.4 is 11.1 Å². The van der Waals surface area contributed by atoms with Crippen LogP contribution in [0.5, 0.6) is 0 Å². The molecule has 2 N–H and O–H groups in total. The third kappa shape index (κ3) is 3.98. The van der Waals surface area contributed by atoms with Crippen LogP contribution in [0.2, 0.25) is 0 Å². The molecular formula is C15H20N2O3. The molecule has 5 heteroatoms. The first kappa shape index (κ1) is 14.4. The van der Waals surface area contributed by atoms with Crippen molar-refractivity contribution in [2.24, 2.45) is 0 Å². The van der Waals surface area contributed by atoms with Gasteiger partial charge in [0.25, 0.3) is 0 Å². The first-order valence-electron chi connectivity index (χ1n) is 7.12. The Morgan fingerprint density at radius 3 is 2.85 bits per heavy atom. The fourth-order valence-corrected chi connectivity index (χ4v) is 2.14. The molecule has 0 spiro atoms. The number of unbranched alkanes of at least 4 members (excludes halogenated alkanes) is 4. The predicted molar refractivity (Wildman–Crippen MR) is 78.8 cm³/mol. The average Bonchev–Trinajstić information content (AvgIpc) is 2.78. The molecule has 1 aromatic heterocycles. The summed E-state index contributed by atoms with van der Waals surface area (Å²) in [5.74, 6) is -0.480. The molecule has 5 nitrogen and oxygen atoms in total. The van der Waals surface area contributed by atoms with Crippen LogP contribution in [0, 0.1) is 0 Å². The van der Waals surface area contributed by atoms with E-state index in [0.29, 0.717) is 23.2 Å².